The zero-order valence-corrected chi connectivity index (χ0v) is 23.7. The maximum Gasteiger partial charge on any atom is 0.123 e. The molecule has 0 aliphatic carbocycles. The third-order valence-corrected chi connectivity index (χ3v) is 10.0. The van der Waals surface area contributed by atoms with E-state index in [0.717, 1.165) is 49.0 Å². The zero-order chi connectivity index (χ0) is 27.0. The molecule has 8 rings (SSSR count). The quantitative estimate of drug-likeness (QED) is 0.242. The Hall–Kier alpha value is -3.26. The van der Waals surface area contributed by atoms with Crippen molar-refractivity contribution in [2.75, 3.05) is 20.1 Å². The molecule has 7 heteroatoms. The number of hydrogen-bond donors (Lipinski definition) is 4. The van der Waals surface area contributed by atoms with Gasteiger partial charge in [0.1, 0.15) is 11.6 Å². The van der Waals surface area contributed by atoms with Crippen molar-refractivity contribution < 1.29 is 0 Å². The van der Waals surface area contributed by atoms with Gasteiger partial charge in [-0.1, -0.05) is 50.2 Å². The molecule has 3 fully saturated rings. The van der Waals surface area contributed by atoms with E-state index in [9.17, 15) is 0 Å². The van der Waals surface area contributed by atoms with Gasteiger partial charge in [0.2, 0.25) is 0 Å². The van der Waals surface area contributed by atoms with Gasteiger partial charge < -0.3 is 20.6 Å². The maximum absolute atomic E-state index is 4.82. The molecule has 40 heavy (non-hydrogen) atoms. The molecular weight excluding hydrogens is 494 g/mol. The summed E-state index contributed by atoms with van der Waals surface area (Å²) >= 11 is 0. The predicted octanol–water partition coefficient (Wildman–Crippen LogP) is 6.30. The minimum absolute atomic E-state index is 0.331. The van der Waals surface area contributed by atoms with Crippen molar-refractivity contribution in [1.82, 2.24) is 35.5 Å². The summed E-state index contributed by atoms with van der Waals surface area (Å²) in [6.45, 7) is 6.73. The molecule has 2 bridgehead atoms. The Morgan fingerprint density at radius 1 is 0.675 bits per heavy atom. The Morgan fingerprint density at radius 2 is 1.20 bits per heavy atom. The van der Waals surface area contributed by atoms with Gasteiger partial charge >= 0.3 is 0 Å². The number of fused-ring (bicyclic) bond motifs is 5. The van der Waals surface area contributed by atoms with Gasteiger partial charge in [0, 0.05) is 17.6 Å². The van der Waals surface area contributed by atoms with E-state index in [-0.39, 0.29) is 0 Å². The predicted molar refractivity (Wildman–Crippen MR) is 159 cm³/mol. The highest BCUT2D eigenvalue weighted by Gasteiger charge is 2.44. The zero-order valence-electron chi connectivity index (χ0n) is 23.7. The molecule has 206 valence electrons. The lowest BCUT2D eigenvalue weighted by molar-refractivity contribution is 0.280. The minimum Gasteiger partial charge on any atom is -0.341 e. The molecule has 4 aliphatic rings. The molecule has 6 atom stereocenters. The van der Waals surface area contributed by atoms with Crippen LogP contribution in [0, 0.1) is 11.8 Å². The molecule has 2 aromatic carbocycles. The number of benzene rings is 2. The molecule has 0 spiro atoms. The van der Waals surface area contributed by atoms with Crippen LogP contribution >= 0.6 is 0 Å². The molecule has 4 aliphatic heterocycles. The van der Waals surface area contributed by atoms with Gasteiger partial charge in [-0.25, -0.2) is 9.97 Å². The van der Waals surface area contributed by atoms with Crippen LogP contribution in [0.1, 0.15) is 86.5 Å². The Morgan fingerprint density at radius 3 is 1.80 bits per heavy atom. The van der Waals surface area contributed by atoms with Crippen molar-refractivity contribution in [3.8, 4) is 33.6 Å². The Bertz CT molecular complexity index is 1550. The van der Waals surface area contributed by atoms with Crippen molar-refractivity contribution in [3.05, 3.63) is 71.6 Å². The topological polar surface area (TPSA) is 84.7 Å². The third-order valence-electron chi connectivity index (χ3n) is 10.0. The molecule has 4 N–H and O–H groups in total. The van der Waals surface area contributed by atoms with Crippen molar-refractivity contribution in [2.24, 2.45) is 11.8 Å². The average Bonchev–Trinajstić information content (AvgIpc) is 3.81. The number of rotatable bonds is 5. The third kappa shape index (κ3) is 3.90. The van der Waals surface area contributed by atoms with E-state index in [0.29, 0.717) is 36.0 Å². The van der Waals surface area contributed by atoms with Crippen LogP contribution < -0.4 is 10.6 Å². The molecule has 3 saturated heterocycles. The number of aromatic amines is 2. The van der Waals surface area contributed by atoms with Gasteiger partial charge in [0.25, 0.3) is 0 Å². The average molecular weight is 534 g/mol. The fourth-order valence-corrected chi connectivity index (χ4v) is 7.86. The molecular formula is C33H39N7. The standard InChI is InChI=1S/C33H39N7/c1-18-12-24(34-14-18)32-36-16-26(38-32)21-6-4-20(5-7-21)22-8-9-23(31-29-11-10-28(30(22)31)40(29)3)27-17-37-33(39-27)25-13-19(2)15-35-25/h4-9,16-19,24-25,28-29,34-35H,10-15H2,1-3H3,(H,36,38)(H,37,39). The van der Waals surface area contributed by atoms with Gasteiger partial charge in [-0.15, -0.1) is 0 Å². The summed E-state index contributed by atoms with van der Waals surface area (Å²) in [5.74, 6) is 3.52. The van der Waals surface area contributed by atoms with Crippen LogP contribution in [-0.4, -0.2) is 45.0 Å². The molecule has 0 radical (unpaired) electrons. The Kier molecular flexibility index (Phi) is 5.76. The van der Waals surface area contributed by atoms with Crippen LogP contribution in [0.25, 0.3) is 33.6 Å². The number of hydrogen-bond acceptors (Lipinski definition) is 5. The second kappa shape index (κ2) is 9.40. The number of aromatic nitrogens is 4. The second-order valence-corrected chi connectivity index (χ2v) is 12.8. The van der Waals surface area contributed by atoms with Crippen molar-refractivity contribution >= 4 is 0 Å². The lowest BCUT2D eigenvalue weighted by Crippen LogP contribution is -2.14. The van der Waals surface area contributed by atoms with Crippen molar-refractivity contribution in [2.45, 2.75) is 63.7 Å². The summed E-state index contributed by atoms with van der Waals surface area (Å²) in [6, 6.07) is 15.3. The summed E-state index contributed by atoms with van der Waals surface area (Å²) in [5, 5.41) is 7.21. The highest BCUT2D eigenvalue weighted by Crippen LogP contribution is 2.57. The van der Waals surface area contributed by atoms with Crippen molar-refractivity contribution in [1.29, 1.82) is 0 Å². The van der Waals surface area contributed by atoms with Crippen LogP contribution in [0.4, 0.5) is 0 Å². The number of nitrogens with zero attached hydrogens (tertiary/aromatic N) is 3. The normalized spacial score (nSPS) is 29.5. The van der Waals surface area contributed by atoms with E-state index in [2.05, 4.69) is 89.0 Å². The summed E-state index contributed by atoms with van der Waals surface area (Å²) in [4.78, 5) is 19.4. The second-order valence-electron chi connectivity index (χ2n) is 12.8. The summed E-state index contributed by atoms with van der Waals surface area (Å²) < 4.78 is 0. The molecule has 2 aromatic heterocycles. The molecule has 6 unspecified atom stereocenters. The first-order valence-electron chi connectivity index (χ1n) is 15.1. The molecule has 0 saturated carbocycles. The Labute approximate surface area is 236 Å². The lowest BCUT2D eigenvalue weighted by atomic mass is 9.82. The van der Waals surface area contributed by atoms with E-state index in [1.54, 1.807) is 0 Å². The molecule has 4 aromatic rings. The van der Waals surface area contributed by atoms with E-state index < -0.39 is 0 Å². The smallest absolute Gasteiger partial charge is 0.123 e. The van der Waals surface area contributed by atoms with Gasteiger partial charge in [-0.05, 0) is 85.5 Å². The lowest BCUT2D eigenvalue weighted by Gasteiger charge is -2.21. The SMILES string of the molecule is CC1CNC(c2ncc(-c3ccc(-c4ccc(-c5cnc(C6CC(C)CN6)[nH]5)c5c4C4CCC5N4C)cc3)[nH]2)C1. The van der Waals surface area contributed by atoms with Crippen LogP contribution in [0.2, 0.25) is 0 Å². The van der Waals surface area contributed by atoms with Crippen LogP contribution in [0.3, 0.4) is 0 Å². The minimum atomic E-state index is 0.331. The summed E-state index contributed by atoms with van der Waals surface area (Å²) in [5.41, 5.74) is 10.4. The van der Waals surface area contributed by atoms with E-state index in [1.807, 2.05) is 6.20 Å². The first-order valence-corrected chi connectivity index (χ1v) is 15.1. The molecule has 6 heterocycles. The molecule has 0 amide bonds. The van der Waals surface area contributed by atoms with Crippen molar-refractivity contribution in [3.63, 3.8) is 0 Å². The highest BCUT2D eigenvalue weighted by atomic mass is 15.2. The van der Waals surface area contributed by atoms with E-state index in [4.69, 9.17) is 9.97 Å². The van der Waals surface area contributed by atoms with Crippen LogP contribution in [0.15, 0.2) is 48.8 Å². The fourth-order valence-electron chi connectivity index (χ4n) is 7.86. The largest absolute Gasteiger partial charge is 0.341 e. The van der Waals surface area contributed by atoms with E-state index in [1.165, 1.54) is 46.2 Å². The van der Waals surface area contributed by atoms with Gasteiger partial charge in [-0.3, -0.25) is 4.90 Å². The highest BCUT2D eigenvalue weighted by molar-refractivity contribution is 5.80. The maximum atomic E-state index is 4.82. The summed E-state index contributed by atoms with van der Waals surface area (Å²) in [7, 11) is 2.30. The van der Waals surface area contributed by atoms with Gasteiger partial charge in [0.05, 0.1) is 35.9 Å². The number of nitrogens with one attached hydrogen (secondary N) is 4. The number of imidazole rings is 2. The number of H-pyrrole nitrogens is 2. The summed E-state index contributed by atoms with van der Waals surface area (Å²) in [6.07, 6.45) is 8.77. The monoisotopic (exact) mass is 533 g/mol. The molecule has 7 nitrogen and oxygen atoms in total. The first kappa shape index (κ1) is 24.5. The van der Waals surface area contributed by atoms with Crippen LogP contribution in [0.5, 0.6) is 0 Å². The van der Waals surface area contributed by atoms with Gasteiger partial charge in [-0.2, -0.15) is 0 Å². The van der Waals surface area contributed by atoms with Crippen LogP contribution in [-0.2, 0) is 0 Å². The van der Waals surface area contributed by atoms with Gasteiger partial charge in [0.15, 0.2) is 0 Å². The fraction of sp³-hybridized carbons (Fsp3) is 0.455. The first-order chi connectivity index (χ1) is 19.5. The van der Waals surface area contributed by atoms with E-state index >= 15 is 0 Å². The Balaban J connectivity index is 1.12.